The van der Waals surface area contributed by atoms with Crippen molar-refractivity contribution < 1.29 is 19.7 Å². The highest BCUT2D eigenvalue weighted by Gasteiger charge is 2.71. The van der Waals surface area contributed by atoms with Crippen molar-refractivity contribution in [3.8, 4) is 0 Å². The Hall–Kier alpha value is -0.610. The van der Waals surface area contributed by atoms with Gasteiger partial charge in [-0.05, 0) is 30.1 Å². The quantitative estimate of drug-likeness (QED) is 0.726. The highest BCUT2D eigenvalue weighted by molar-refractivity contribution is 5.66. The molecule has 2 N–H and O–H groups in total. The van der Waals surface area contributed by atoms with Gasteiger partial charge in [-0.25, -0.2) is 0 Å². The number of rotatable bonds is 1. The molecule has 1 unspecified atom stereocenters. The Morgan fingerprint density at radius 2 is 1.76 bits per heavy atom. The third kappa shape index (κ3) is 1.78. The molecule has 120 valence electrons. The van der Waals surface area contributed by atoms with Crippen LogP contribution in [0.4, 0.5) is 0 Å². The van der Waals surface area contributed by atoms with Gasteiger partial charge >= 0.3 is 5.97 Å². The Bertz CT molecular complexity index is 460. The van der Waals surface area contributed by atoms with Crippen LogP contribution in [0.3, 0.4) is 0 Å². The number of aliphatic hydroxyl groups excluding tert-OH is 2. The fraction of sp³-hybridized carbons (Fsp3) is 0.941. The van der Waals surface area contributed by atoms with Crippen LogP contribution in [0.5, 0.6) is 0 Å². The first-order valence-electron chi connectivity index (χ1n) is 8.15. The normalized spacial score (nSPS) is 54.3. The molecule has 0 amide bonds. The van der Waals surface area contributed by atoms with Crippen molar-refractivity contribution in [2.45, 2.75) is 65.8 Å². The van der Waals surface area contributed by atoms with Crippen LogP contribution in [0.25, 0.3) is 0 Å². The predicted octanol–water partition coefficient (Wildman–Crippen LogP) is 1.98. The van der Waals surface area contributed by atoms with Crippen LogP contribution < -0.4 is 0 Å². The molecule has 0 radical (unpaired) electrons. The molecule has 0 aromatic heterocycles. The molecule has 0 saturated heterocycles. The maximum atomic E-state index is 11.5. The van der Waals surface area contributed by atoms with Crippen LogP contribution in [0.15, 0.2) is 0 Å². The van der Waals surface area contributed by atoms with Crippen molar-refractivity contribution >= 4 is 5.97 Å². The summed E-state index contributed by atoms with van der Waals surface area (Å²) in [6, 6.07) is 0. The lowest BCUT2D eigenvalue weighted by Crippen LogP contribution is -2.51. The van der Waals surface area contributed by atoms with Crippen LogP contribution >= 0.6 is 0 Å². The number of ether oxygens (including phenoxy) is 1. The number of hydrogen-bond donors (Lipinski definition) is 2. The molecule has 3 rings (SSSR count). The van der Waals surface area contributed by atoms with Gasteiger partial charge in [-0.15, -0.1) is 0 Å². The zero-order chi connectivity index (χ0) is 15.7. The molecule has 3 saturated carbocycles. The van der Waals surface area contributed by atoms with Gasteiger partial charge in [-0.1, -0.05) is 27.7 Å². The molecule has 4 bridgehead atoms. The molecule has 3 fully saturated rings. The summed E-state index contributed by atoms with van der Waals surface area (Å²) in [4.78, 5) is 11.5. The van der Waals surface area contributed by atoms with Crippen molar-refractivity contribution in [1.29, 1.82) is 0 Å². The fourth-order valence-electron chi connectivity index (χ4n) is 6.14. The number of aliphatic hydroxyl groups is 2. The van der Waals surface area contributed by atoms with E-state index in [1.54, 1.807) is 0 Å². The zero-order valence-corrected chi connectivity index (χ0v) is 13.7. The molecule has 0 heterocycles. The lowest BCUT2D eigenvalue weighted by Gasteiger charge is -2.45. The molecule has 21 heavy (non-hydrogen) atoms. The standard InChI is InChI=1S/C17H28O4/c1-8-6-10-14-13(8)17(5,15(10)20)11(19)7-12(16(14,3)4)21-9(2)18/h8,10-15,19-20H,6-7H2,1-5H3/t8-,10+,11+,12+,13-,14?,15+,17+/m0/s1. The Kier molecular flexibility index (Phi) is 3.24. The third-order valence-electron chi connectivity index (χ3n) is 7.02. The second-order valence-electron chi connectivity index (χ2n) is 8.41. The van der Waals surface area contributed by atoms with Gasteiger partial charge < -0.3 is 14.9 Å². The van der Waals surface area contributed by atoms with Gasteiger partial charge in [0, 0.05) is 24.2 Å². The van der Waals surface area contributed by atoms with Gasteiger partial charge in [0.05, 0.1) is 12.2 Å². The van der Waals surface area contributed by atoms with Crippen molar-refractivity contribution in [2.24, 2.45) is 34.5 Å². The minimum Gasteiger partial charge on any atom is -0.462 e. The third-order valence-corrected chi connectivity index (χ3v) is 7.02. The van der Waals surface area contributed by atoms with Gasteiger partial charge in [0.1, 0.15) is 6.10 Å². The predicted molar refractivity (Wildman–Crippen MR) is 78.3 cm³/mol. The highest BCUT2D eigenvalue weighted by Crippen LogP contribution is 2.70. The Morgan fingerprint density at radius 1 is 1.14 bits per heavy atom. The van der Waals surface area contributed by atoms with Crippen LogP contribution in [-0.4, -0.2) is 34.5 Å². The van der Waals surface area contributed by atoms with Crippen molar-refractivity contribution in [3.63, 3.8) is 0 Å². The van der Waals surface area contributed by atoms with Crippen molar-refractivity contribution in [2.75, 3.05) is 0 Å². The van der Waals surface area contributed by atoms with Crippen LogP contribution in [0, 0.1) is 34.5 Å². The summed E-state index contributed by atoms with van der Waals surface area (Å²) in [7, 11) is 0. The lowest BCUT2D eigenvalue weighted by molar-refractivity contribution is -0.162. The average Bonchev–Trinajstić information content (AvgIpc) is 2.80. The van der Waals surface area contributed by atoms with Gasteiger partial charge in [-0.2, -0.15) is 0 Å². The summed E-state index contributed by atoms with van der Waals surface area (Å²) in [6.07, 6.45) is 0.0801. The number of esters is 1. The summed E-state index contributed by atoms with van der Waals surface area (Å²) in [5, 5.41) is 21.6. The maximum absolute atomic E-state index is 11.5. The summed E-state index contributed by atoms with van der Waals surface area (Å²) in [5.41, 5.74) is -0.693. The van der Waals surface area contributed by atoms with E-state index in [4.69, 9.17) is 4.74 Å². The van der Waals surface area contributed by atoms with Crippen LogP contribution in [-0.2, 0) is 9.53 Å². The molecule has 3 aliphatic carbocycles. The second-order valence-corrected chi connectivity index (χ2v) is 8.41. The minimum atomic E-state index is -0.626. The Balaban J connectivity index is 2.07. The second kappa shape index (κ2) is 4.45. The molecule has 4 nitrogen and oxygen atoms in total. The van der Waals surface area contributed by atoms with E-state index < -0.39 is 17.6 Å². The van der Waals surface area contributed by atoms with E-state index in [0.29, 0.717) is 24.2 Å². The first-order valence-corrected chi connectivity index (χ1v) is 8.15. The van der Waals surface area contributed by atoms with E-state index in [1.165, 1.54) is 6.92 Å². The first-order chi connectivity index (χ1) is 9.61. The molecule has 8 atom stereocenters. The summed E-state index contributed by atoms with van der Waals surface area (Å²) in [5.74, 6) is 1.01. The zero-order valence-electron chi connectivity index (χ0n) is 13.7. The molecular formula is C17H28O4. The molecule has 0 spiro atoms. The van der Waals surface area contributed by atoms with E-state index in [1.807, 2.05) is 6.92 Å². The summed E-state index contributed by atoms with van der Waals surface area (Å²) in [6.45, 7) is 9.97. The Labute approximate surface area is 126 Å². The van der Waals surface area contributed by atoms with Gasteiger partial charge in [0.2, 0.25) is 0 Å². The highest BCUT2D eigenvalue weighted by atomic mass is 16.5. The molecule has 4 heteroatoms. The van der Waals surface area contributed by atoms with Gasteiger partial charge in [0.25, 0.3) is 0 Å². The summed E-state index contributed by atoms with van der Waals surface area (Å²) >= 11 is 0. The molecule has 3 aliphatic rings. The SMILES string of the molecule is CC(=O)O[C@@H]1C[C@@H](O)[C@@]2(C)[C@H](O)[C@@H]3C[C@H](C)[C@H]2C3C1(C)C. The number of carbonyl (C=O) groups excluding carboxylic acids is 1. The fourth-order valence-corrected chi connectivity index (χ4v) is 6.14. The van der Waals surface area contributed by atoms with Gasteiger partial charge in [-0.3, -0.25) is 4.79 Å². The van der Waals surface area contributed by atoms with Crippen molar-refractivity contribution in [3.05, 3.63) is 0 Å². The monoisotopic (exact) mass is 296 g/mol. The van der Waals surface area contributed by atoms with E-state index >= 15 is 0 Å². The first kappa shape index (κ1) is 15.3. The molecular weight excluding hydrogens is 268 g/mol. The smallest absolute Gasteiger partial charge is 0.302 e. The van der Waals surface area contributed by atoms with E-state index in [2.05, 4.69) is 20.8 Å². The van der Waals surface area contributed by atoms with Crippen LogP contribution in [0.1, 0.15) is 47.5 Å². The lowest BCUT2D eigenvalue weighted by atomic mass is 9.64. The largest absolute Gasteiger partial charge is 0.462 e. The number of hydrogen-bond acceptors (Lipinski definition) is 4. The topological polar surface area (TPSA) is 66.8 Å². The summed E-state index contributed by atoms with van der Waals surface area (Å²) < 4.78 is 5.57. The molecule has 0 aromatic carbocycles. The Morgan fingerprint density at radius 3 is 2.33 bits per heavy atom. The molecule has 0 aromatic rings. The van der Waals surface area contributed by atoms with E-state index in [0.717, 1.165) is 6.42 Å². The van der Waals surface area contributed by atoms with Gasteiger partial charge in [0.15, 0.2) is 0 Å². The maximum Gasteiger partial charge on any atom is 0.302 e. The van der Waals surface area contributed by atoms with E-state index in [9.17, 15) is 15.0 Å². The minimum absolute atomic E-state index is 0.206. The van der Waals surface area contributed by atoms with Crippen LogP contribution in [0.2, 0.25) is 0 Å². The number of carbonyl (C=O) groups is 1. The average molecular weight is 296 g/mol. The van der Waals surface area contributed by atoms with Crippen molar-refractivity contribution in [1.82, 2.24) is 0 Å². The van der Waals surface area contributed by atoms with E-state index in [-0.39, 0.29) is 23.4 Å². The molecule has 0 aliphatic heterocycles.